The zero-order chi connectivity index (χ0) is 10.7. The molecule has 0 aromatic carbocycles. The van der Waals surface area contributed by atoms with Crippen molar-refractivity contribution >= 4 is 5.78 Å². The minimum atomic E-state index is 0.296. The van der Waals surface area contributed by atoms with Gasteiger partial charge in [0.15, 0.2) is 0 Å². The molecule has 2 nitrogen and oxygen atoms in total. The predicted molar refractivity (Wildman–Crippen MR) is 59.5 cm³/mol. The van der Waals surface area contributed by atoms with Crippen LogP contribution in [0, 0.1) is 11.8 Å². The maximum Gasteiger partial charge on any atom is 0.140 e. The second-order valence-electron chi connectivity index (χ2n) is 4.52. The summed E-state index contributed by atoms with van der Waals surface area (Å²) in [4.78, 5) is 16.0. The van der Waals surface area contributed by atoms with Crippen molar-refractivity contribution in [3.63, 3.8) is 0 Å². The molecule has 0 radical (unpaired) electrons. The first-order valence-corrected chi connectivity index (χ1v) is 5.69. The number of hydrogen-bond donors (Lipinski definition) is 0. The second-order valence-corrected chi connectivity index (χ2v) is 4.52. The van der Waals surface area contributed by atoms with Crippen LogP contribution in [0.25, 0.3) is 0 Å². The van der Waals surface area contributed by atoms with E-state index in [4.69, 9.17) is 0 Å². The van der Waals surface area contributed by atoms with Crippen molar-refractivity contribution in [2.45, 2.75) is 32.6 Å². The molecule has 2 rings (SSSR count). The summed E-state index contributed by atoms with van der Waals surface area (Å²) in [6.07, 6.45) is 7.60. The van der Waals surface area contributed by atoms with E-state index in [1.807, 2.05) is 12.1 Å². The lowest BCUT2D eigenvalue weighted by molar-refractivity contribution is -0.123. The number of rotatable bonds is 3. The van der Waals surface area contributed by atoms with E-state index in [1.165, 1.54) is 12.8 Å². The summed E-state index contributed by atoms with van der Waals surface area (Å²) < 4.78 is 0. The first kappa shape index (κ1) is 10.3. The molecule has 2 atom stereocenters. The minimum Gasteiger partial charge on any atom is -0.299 e. The molecule has 1 heterocycles. The first-order chi connectivity index (χ1) is 7.27. The monoisotopic (exact) mass is 203 g/mol. The number of hydrogen-bond acceptors (Lipinski definition) is 2. The highest BCUT2D eigenvalue weighted by molar-refractivity contribution is 5.83. The maximum atomic E-state index is 12.0. The van der Waals surface area contributed by atoms with Crippen molar-refractivity contribution in [1.82, 2.24) is 4.98 Å². The summed E-state index contributed by atoms with van der Waals surface area (Å²) in [5.74, 6) is 1.27. The van der Waals surface area contributed by atoms with E-state index in [0.29, 0.717) is 24.0 Å². The van der Waals surface area contributed by atoms with Crippen molar-refractivity contribution in [3.8, 4) is 0 Å². The number of carbonyl (C=O) groups excluding carboxylic acids is 1. The Kier molecular flexibility index (Phi) is 3.14. The van der Waals surface area contributed by atoms with Crippen molar-refractivity contribution < 1.29 is 4.79 Å². The Balaban J connectivity index is 1.98. The predicted octanol–water partition coefficient (Wildman–Crippen LogP) is 2.63. The van der Waals surface area contributed by atoms with E-state index in [1.54, 1.807) is 12.4 Å². The third-order valence-corrected chi connectivity index (χ3v) is 3.38. The molecule has 0 spiro atoms. The lowest BCUT2D eigenvalue weighted by atomic mass is 9.90. The van der Waals surface area contributed by atoms with Crippen molar-refractivity contribution in [1.29, 1.82) is 0 Å². The van der Waals surface area contributed by atoms with Gasteiger partial charge in [-0.1, -0.05) is 19.4 Å². The minimum absolute atomic E-state index is 0.296. The number of aromatic nitrogens is 1. The highest BCUT2D eigenvalue weighted by Crippen LogP contribution is 2.32. The average molecular weight is 203 g/mol. The molecule has 0 aliphatic heterocycles. The number of Topliss-reactive ketones (excluding diaryl/α,β-unsaturated/α-hetero) is 1. The summed E-state index contributed by atoms with van der Waals surface area (Å²) >= 11 is 0. The van der Waals surface area contributed by atoms with Crippen molar-refractivity contribution in [2.75, 3.05) is 0 Å². The Morgan fingerprint density at radius 3 is 3.00 bits per heavy atom. The molecule has 1 aromatic heterocycles. The van der Waals surface area contributed by atoms with Gasteiger partial charge in [-0.25, -0.2) is 0 Å². The van der Waals surface area contributed by atoms with Gasteiger partial charge in [0, 0.05) is 24.7 Å². The summed E-state index contributed by atoms with van der Waals surface area (Å²) in [5, 5.41) is 0. The third-order valence-electron chi connectivity index (χ3n) is 3.38. The van der Waals surface area contributed by atoms with Crippen LogP contribution in [0.1, 0.15) is 31.7 Å². The molecular weight excluding hydrogens is 186 g/mol. The zero-order valence-corrected chi connectivity index (χ0v) is 9.15. The van der Waals surface area contributed by atoms with Gasteiger partial charge in [-0.2, -0.15) is 0 Å². The molecule has 2 heteroatoms. The van der Waals surface area contributed by atoms with Gasteiger partial charge in [-0.3, -0.25) is 9.78 Å². The molecule has 1 fully saturated rings. The van der Waals surface area contributed by atoms with Crippen LogP contribution in [-0.4, -0.2) is 10.8 Å². The Bertz CT molecular complexity index is 334. The van der Waals surface area contributed by atoms with Gasteiger partial charge in [0.05, 0.1) is 0 Å². The fraction of sp³-hybridized carbons (Fsp3) is 0.538. The van der Waals surface area contributed by atoms with E-state index in [2.05, 4.69) is 11.9 Å². The van der Waals surface area contributed by atoms with Gasteiger partial charge >= 0.3 is 0 Å². The molecule has 1 saturated carbocycles. The molecule has 1 aliphatic rings. The van der Waals surface area contributed by atoms with Gasteiger partial charge in [0.2, 0.25) is 0 Å². The topological polar surface area (TPSA) is 30.0 Å². The molecule has 1 aromatic rings. The molecule has 0 N–H and O–H groups in total. The normalized spacial score (nSPS) is 25.4. The fourth-order valence-electron chi connectivity index (χ4n) is 2.46. The molecule has 0 saturated heterocycles. The van der Waals surface area contributed by atoms with Gasteiger partial charge in [0.1, 0.15) is 5.78 Å². The molecular formula is C13H17NO. The Hall–Kier alpha value is -1.18. The maximum absolute atomic E-state index is 12.0. The Morgan fingerprint density at radius 1 is 1.53 bits per heavy atom. The van der Waals surface area contributed by atoms with Gasteiger partial charge in [0.25, 0.3) is 0 Å². The zero-order valence-electron chi connectivity index (χ0n) is 9.15. The summed E-state index contributed by atoms with van der Waals surface area (Å²) in [5.41, 5.74) is 1.04. The van der Waals surface area contributed by atoms with Gasteiger partial charge in [-0.05, 0) is 30.4 Å². The SMILES string of the molecule is CC1CCCC1C(=O)Cc1cccnc1. The number of carbonyl (C=O) groups is 1. The largest absolute Gasteiger partial charge is 0.299 e. The summed E-state index contributed by atoms with van der Waals surface area (Å²) in [7, 11) is 0. The highest BCUT2D eigenvalue weighted by Gasteiger charge is 2.29. The van der Waals surface area contributed by atoms with E-state index < -0.39 is 0 Å². The highest BCUT2D eigenvalue weighted by atomic mass is 16.1. The number of nitrogens with zero attached hydrogens (tertiary/aromatic N) is 1. The van der Waals surface area contributed by atoms with E-state index in [-0.39, 0.29) is 0 Å². The summed E-state index contributed by atoms with van der Waals surface area (Å²) in [6.45, 7) is 2.19. The van der Waals surface area contributed by atoms with Crippen LogP contribution in [0.2, 0.25) is 0 Å². The Morgan fingerprint density at radius 2 is 2.40 bits per heavy atom. The molecule has 15 heavy (non-hydrogen) atoms. The average Bonchev–Trinajstić information content (AvgIpc) is 2.66. The fourth-order valence-corrected chi connectivity index (χ4v) is 2.46. The van der Waals surface area contributed by atoms with E-state index >= 15 is 0 Å². The standard InChI is InChI=1S/C13H17NO/c1-10-4-2-6-12(10)13(15)8-11-5-3-7-14-9-11/h3,5,7,9-10,12H,2,4,6,8H2,1H3. The van der Waals surface area contributed by atoms with E-state index in [9.17, 15) is 4.79 Å². The quantitative estimate of drug-likeness (QED) is 0.756. The summed E-state index contributed by atoms with van der Waals surface area (Å²) in [6, 6.07) is 3.87. The second kappa shape index (κ2) is 4.56. The van der Waals surface area contributed by atoms with Crippen LogP contribution >= 0.6 is 0 Å². The number of pyridine rings is 1. The lowest BCUT2D eigenvalue weighted by Gasteiger charge is -2.13. The van der Waals surface area contributed by atoms with Crippen LogP contribution in [-0.2, 0) is 11.2 Å². The van der Waals surface area contributed by atoms with Crippen LogP contribution < -0.4 is 0 Å². The first-order valence-electron chi connectivity index (χ1n) is 5.69. The van der Waals surface area contributed by atoms with Crippen LogP contribution in [0.15, 0.2) is 24.5 Å². The lowest BCUT2D eigenvalue weighted by Crippen LogP contribution is -2.19. The van der Waals surface area contributed by atoms with Crippen molar-refractivity contribution in [3.05, 3.63) is 30.1 Å². The van der Waals surface area contributed by atoms with Gasteiger partial charge in [-0.15, -0.1) is 0 Å². The van der Waals surface area contributed by atoms with Gasteiger partial charge < -0.3 is 0 Å². The molecule has 80 valence electrons. The number of ketones is 1. The molecule has 0 bridgehead atoms. The molecule has 2 unspecified atom stereocenters. The molecule has 1 aliphatic carbocycles. The van der Waals surface area contributed by atoms with Crippen LogP contribution in [0.5, 0.6) is 0 Å². The van der Waals surface area contributed by atoms with Crippen LogP contribution in [0.3, 0.4) is 0 Å². The van der Waals surface area contributed by atoms with E-state index in [0.717, 1.165) is 12.0 Å². The van der Waals surface area contributed by atoms with Crippen molar-refractivity contribution in [2.24, 2.45) is 11.8 Å². The Labute approximate surface area is 90.7 Å². The smallest absolute Gasteiger partial charge is 0.140 e. The molecule has 0 amide bonds. The third kappa shape index (κ3) is 2.44. The van der Waals surface area contributed by atoms with Crippen LogP contribution in [0.4, 0.5) is 0 Å².